The maximum absolute atomic E-state index is 5.36. The van der Waals surface area contributed by atoms with Gasteiger partial charge in [0.2, 0.25) is 0 Å². The third kappa shape index (κ3) is 10.7. The fraction of sp³-hybridized carbons (Fsp3) is 1.00. The van der Waals surface area contributed by atoms with Crippen LogP contribution in [0.5, 0.6) is 0 Å². The molecule has 20 heavy (non-hydrogen) atoms. The molecule has 0 bridgehead atoms. The standard InChI is InChI=1S/C12H30O4S2Si2/c1-11(9-19(13-3)14-4)7-17-18-8-12(2)10-20(15-5)16-6/h11-12,19-20H,7-10H2,1-6H3. The fourth-order valence-corrected chi connectivity index (χ4v) is 7.88. The van der Waals surface area contributed by atoms with Gasteiger partial charge in [-0.15, -0.1) is 0 Å². The molecule has 0 aliphatic heterocycles. The van der Waals surface area contributed by atoms with Crippen molar-refractivity contribution in [3.05, 3.63) is 0 Å². The van der Waals surface area contributed by atoms with E-state index in [0.29, 0.717) is 11.8 Å². The van der Waals surface area contributed by atoms with Gasteiger partial charge in [0.15, 0.2) is 0 Å². The predicted octanol–water partition coefficient (Wildman–Crippen LogP) is 2.67. The Morgan fingerprint density at radius 2 is 1.00 bits per heavy atom. The molecule has 0 fully saturated rings. The Bertz CT molecular complexity index is 198. The van der Waals surface area contributed by atoms with Crippen LogP contribution in [0.25, 0.3) is 0 Å². The molecule has 0 rings (SSSR count). The monoisotopic (exact) mass is 358 g/mol. The van der Waals surface area contributed by atoms with Gasteiger partial charge in [0, 0.05) is 39.9 Å². The van der Waals surface area contributed by atoms with Crippen LogP contribution in [0.15, 0.2) is 0 Å². The van der Waals surface area contributed by atoms with E-state index >= 15 is 0 Å². The summed E-state index contributed by atoms with van der Waals surface area (Å²) in [5.41, 5.74) is 0. The number of hydrogen-bond acceptors (Lipinski definition) is 6. The van der Waals surface area contributed by atoms with Gasteiger partial charge in [0.1, 0.15) is 0 Å². The van der Waals surface area contributed by atoms with Crippen molar-refractivity contribution in [1.82, 2.24) is 0 Å². The Morgan fingerprint density at radius 3 is 1.25 bits per heavy atom. The van der Waals surface area contributed by atoms with Crippen LogP contribution < -0.4 is 0 Å². The lowest BCUT2D eigenvalue weighted by Gasteiger charge is -2.17. The van der Waals surface area contributed by atoms with Gasteiger partial charge in [-0.2, -0.15) is 0 Å². The Morgan fingerprint density at radius 1 is 0.700 bits per heavy atom. The summed E-state index contributed by atoms with van der Waals surface area (Å²) in [5.74, 6) is 3.62. The van der Waals surface area contributed by atoms with Crippen LogP contribution in [0.2, 0.25) is 12.1 Å². The first-order valence-corrected chi connectivity index (χ1v) is 12.9. The van der Waals surface area contributed by atoms with Gasteiger partial charge in [-0.1, -0.05) is 35.4 Å². The quantitative estimate of drug-likeness (QED) is 0.286. The summed E-state index contributed by atoms with van der Waals surface area (Å²) >= 11 is 0. The molecule has 0 N–H and O–H groups in total. The van der Waals surface area contributed by atoms with Crippen LogP contribution in [0.4, 0.5) is 0 Å². The highest BCUT2D eigenvalue weighted by Gasteiger charge is 2.17. The van der Waals surface area contributed by atoms with Crippen molar-refractivity contribution < 1.29 is 17.7 Å². The normalized spacial score (nSPS) is 15.0. The van der Waals surface area contributed by atoms with Gasteiger partial charge in [0.05, 0.1) is 0 Å². The Hall–Kier alpha value is 0.974. The van der Waals surface area contributed by atoms with Gasteiger partial charge < -0.3 is 17.7 Å². The maximum Gasteiger partial charge on any atom is 0.321 e. The smallest absolute Gasteiger partial charge is 0.321 e. The van der Waals surface area contributed by atoms with Crippen molar-refractivity contribution in [1.29, 1.82) is 0 Å². The van der Waals surface area contributed by atoms with Crippen molar-refractivity contribution in [2.75, 3.05) is 39.9 Å². The highest BCUT2D eigenvalue weighted by molar-refractivity contribution is 8.76. The molecule has 0 heterocycles. The first-order chi connectivity index (χ1) is 9.57. The molecule has 0 aliphatic rings. The maximum atomic E-state index is 5.36. The summed E-state index contributed by atoms with van der Waals surface area (Å²) in [5, 5.41) is 0. The first kappa shape index (κ1) is 21.0. The zero-order valence-electron chi connectivity index (χ0n) is 13.6. The van der Waals surface area contributed by atoms with E-state index in [0.717, 1.165) is 23.6 Å². The van der Waals surface area contributed by atoms with E-state index < -0.39 is 18.6 Å². The molecule has 2 unspecified atom stereocenters. The molecule has 0 saturated carbocycles. The largest absolute Gasteiger partial charge is 0.400 e. The SMILES string of the molecule is CO[SiH](CC(C)CSSCC(C)C[SiH](OC)OC)OC. The minimum Gasteiger partial charge on any atom is -0.400 e. The number of hydrogen-bond donors (Lipinski definition) is 0. The van der Waals surface area contributed by atoms with E-state index in [1.54, 1.807) is 28.4 Å². The molecule has 8 heteroatoms. The molecular formula is C12H30O4S2Si2. The molecule has 0 saturated heterocycles. The van der Waals surface area contributed by atoms with Crippen LogP contribution >= 0.6 is 21.6 Å². The molecule has 0 aliphatic carbocycles. The van der Waals surface area contributed by atoms with E-state index in [2.05, 4.69) is 13.8 Å². The van der Waals surface area contributed by atoms with Gasteiger partial charge in [0.25, 0.3) is 0 Å². The molecule has 2 atom stereocenters. The lowest BCUT2D eigenvalue weighted by Crippen LogP contribution is -2.22. The summed E-state index contributed by atoms with van der Waals surface area (Å²) < 4.78 is 21.4. The molecule has 0 aromatic carbocycles. The van der Waals surface area contributed by atoms with Gasteiger partial charge >= 0.3 is 18.6 Å². The molecule has 0 aromatic rings. The average Bonchev–Trinajstić information content (AvgIpc) is 2.46. The fourth-order valence-electron chi connectivity index (χ4n) is 1.70. The van der Waals surface area contributed by atoms with Gasteiger partial charge in [-0.05, 0) is 23.9 Å². The lowest BCUT2D eigenvalue weighted by atomic mass is 10.3. The zero-order chi connectivity index (χ0) is 15.4. The van der Waals surface area contributed by atoms with Crippen LogP contribution in [-0.4, -0.2) is 58.5 Å². The second-order valence-corrected chi connectivity index (χ2v) is 12.2. The third-order valence-corrected chi connectivity index (χ3v) is 10.4. The summed E-state index contributed by atoms with van der Waals surface area (Å²) in [4.78, 5) is 0. The topological polar surface area (TPSA) is 36.9 Å². The summed E-state index contributed by atoms with van der Waals surface area (Å²) in [6.45, 7) is 4.54. The molecular weight excluding hydrogens is 328 g/mol. The highest BCUT2D eigenvalue weighted by atomic mass is 33.1. The van der Waals surface area contributed by atoms with E-state index in [1.165, 1.54) is 0 Å². The Labute approximate surface area is 135 Å². The van der Waals surface area contributed by atoms with Gasteiger partial charge in [-0.25, -0.2) is 0 Å². The number of rotatable bonds is 13. The zero-order valence-corrected chi connectivity index (χ0v) is 17.5. The van der Waals surface area contributed by atoms with Gasteiger partial charge in [-0.3, -0.25) is 0 Å². The van der Waals surface area contributed by atoms with Crippen molar-refractivity contribution in [3.63, 3.8) is 0 Å². The molecule has 0 spiro atoms. The lowest BCUT2D eigenvalue weighted by molar-refractivity contribution is 0.272. The minimum atomic E-state index is -1.40. The summed E-state index contributed by atoms with van der Waals surface area (Å²) in [6.07, 6.45) is 0. The second kappa shape index (κ2) is 13.6. The third-order valence-electron chi connectivity index (χ3n) is 3.03. The van der Waals surface area contributed by atoms with Crippen molar-refractivity contribution in [2.45, 2.75) is 25.9 Å². The van der Waals surface area contributed by atoms with Crippen molar-refractivity contribution in [3.8, 4) is 0 Å². The van der Waals surface area contributed by atoms with Crippen LogP contribution in [0.1, 0.15) is 13.8 Å². The van der Waals surface area contributed by atoms with Crippen LogP contribution in [0.3, 0.4) is 0 Å². The Balaban J connectivity index is 3.64. The van der Waals surface area contributed by atoms with Crippen LogP contribution in [-0.2, 0) is 17.7 Å². The summed E-state index contributed by atoms with van der Waals surface area (Å²) in [7, 11) is 8.12. The average molecular weight is 359 g/mol. The molecule has 0 amide bonds. The Kier molecular flexibility index (Phi) is 14.3. The van der Waals surface area contributed by atoms with E-state index in [1.807, 2.05) is 21.6 Å². The molecule has 0 radical (unpaired) electrons. The molecule has 0 aromatic heterocycles. The predicted molar refractivity (Wildman–Crippen MR) is 95.2 cm³/mol. The van der Waals surface area contributed by atoms with E-state index in [-0.39, 0.29) is 0 Å². The van der Waals surface area contributed by atoms with E-state index in [9.17, 15) is 0 Å². The second-order valence-electron chi connectivity index (χ2n) is 5.05. The van der Waals surface area contributed by atoms with Crippen molar-refractivity contribution in [2.24, 2.45) is 11.8 Å². The van der Waals surface area contributed by atoms with Crippen LogP contribution in [0, 0.1) is 11.8 Å². The van der Waals surface area contributed by atoms with E-state index in [4.69, 9.17) is 17.7 Å². The summed E-state index contributed by atoms with van der Waals surface area (Å²) in [6, 6.07) is 2.16. The molecule has 4 nitrogen and oxygen atoms in total. The first-order valence-electron chi connectivity index (χ1n) is 6.92. The molecule has 122 valence electrons. The van der Waals surface area contributed by atoms with Crippen molar-refractivity contribution >= 4 is 40.2 Å². The minimum absolute atomic E-state index is 0.652. The highest BCUT2D eigenvalue weighted by Crippen LogP contribution is 2.29.